The van der Waals surface area contributed by atoms with Gasteiger partial charge < -0.3 is 4.74 Å². The summed E-state index contributed by atoms with van der Waals surface area (Å²) in [7, 11) is 0. The molecule has 0 aromatic rings. The maximum absolute atomic E-state index is 12.1. The first kappa shape index (κ1) is 17.6. The molecule has 4 aliphatic carbocycles. The highest BCUT2D eigenvalue weighted by Gasteiger charge is 2.60. The number of esters is 1. The Morgan fingerprint density at radius 3 is 2.56 bits per heavy atom. The van der Waals surface area contributed by atoms with Gasteiger partial charge in [0.25, 0.3) is 0 Å². The molecule has 25 heavy (non-hydrogen) atoms. The number of hydrogen-bond acceptors (Lipinski definition) is 3. The van der Waals surface area contributed by atoms with Gasteiger partial charge in [0.15, 0.2) is 5.78 Å². The van der Waals surface area contributed by atoms with Crippen molar-refractivity contribution in [3.05, 3.63) is 10.6 Å². The van der Waals surface area contributed by atoms with Crippen molar-refractivity contribution in [2.75, 3.05) is 0 Å². The number of rotatable bonds is 1. The molecule has 0 radical (unpaired) electrons. The highest BCUT2D eigenvalue weighted by molar-refractivity contribution is 6.43. The van der Waals surface area contributed by atoms with Crippen molar-refractivity contribution in [2.45, 2.75) is 78.2 Å². The average molecular weight is 365 g/mol. The van der Waals surface area contributed by atoms with Crippen LogP contribution in [0.4, 0.5) is 0 Å². The second-order valence-electron chi connectivity index (χ2n) is 9.27. The van der Waals surface area contributed by atoms with Crippen molar-refractivity contribution in [1.29, 1.82) is 0 Å². The van der Waals surface area contributed by atoms with Crippen LogP contribution in [0.15, 0.2) is 10.6 Å². The van der Waals surface area contributed by atoms with Gasteiger partial charge in [-0.1, -0.05) is 25.4 Å². The molecule has 3 fully saturated rings. The zero-order chi connectivity index (χ0) is 18.0. The topological polar surface area (TPSA) is 43.4 Å². The summed E-state index contributed by atoms with van der Waals surface area (Å²) in [5.74, 6) is 1.92. The zero-order valence-corrected chi connectivity index (χ0v) is 16.3. The van der Waals surface area contributed by atoms with E-state index < -0.39 is 0 Å². The first-order valence-corrected chi connectivity index (χ1v) is 10.2. The first-order chi connectivity index (χ1) is 11.8. The van der Waals surface area contributed by atoms with E-state index in [2.05, 4.69) is 13.8 Å². The van der Waals surface area contributed by atoms with E-state index in [0.717, 1.165) is 44.9 Å². The summed E-state index contributed by atoms with van der Waals surface area (Å²) in [5, 5.41) is 0.546. The second-order valence-corrected chi connectivity index (χ2v) is 9.65. The molecule has 4 rings (SSSR count). The van der Waals surface area contributed by atoms with E-state index in [-0.39, 0.29) is 28.7 Å². The van der Waals surface area contributed by atoms with Gasteiger partial charge in [0.05, 0.1) is 5.03 Å². The minimum absolute atomic E-state index is 0.0808. The Hall–Kier alpha value is -0.830. The van der Waals surface area contributed by atoms with Gasteiger partial charge in [-0.2, -0.15) is 0 Å². The van der Waals surface area contributed by atoms with Crippen molar-refractivity contribution in [1.82, 2.24) is 0 Å². The fraction of sp³-hybridized carbons (Fsp3) is 0.810. The van der Waals surface area contributed by atoms with Crippen LogP contribution in [-0.2, 0) is 14.3 Å². The molecule has 0 aliphatic heterocycles. The minimum Gasteiger partial charge on any atom is -0.462 e. The lowest BCUT2D eigenvalue weighted by Crippen LogP contribution is -2.52. The minimum atomic E-state index is -0.146. The molecule has 3 saturated carbocycles. The van der Waals surface area contributed by atoms with Crippen LogP contribution in [0, 0.1) is 28.6 Å². The molecule has 0 spiro atoms. The Bertz CT molecular complexity index is 654. The van der Waals surface area contributed by atoms with E-state index in [4.69, 9.17) is 16.3 Å². The standard InChI is InChI=1S/C21H29ClO3/c1-12(23)25-18-7-6-14-13-4-5-16-19(22)17(24)9-11-20(16,2)15(13)8-10-21(14,18)3/h13-15,18H,4-11H2,1-3H3/t13-,14-,15+,18-,20-,21+/m1/s1. The van der Waals surface area contributed by atoms with Crippen molar-refractivity contribution in [3.63, 3.8) is 0 Å². The van der Waals surface area contributed by atoms with Crippen LogP contribution in [0.3, 0.4) is 0 Å². The number of Topliss-reactive ketones (excluding diaryl/α,β-unsaturated/α-hetero) is 1. The maximum Gasteiger partial charge on any atom is 0.302 e. The van der Waals surface area contributed by atoms with E-state index in [1.54, 1.807) is 0 Å². The van der Waals surface area contributed by atoms with Crippen molar-refractivity contribution in [2.24, 2.45) is 28.6 Å². The highest BCUT2D eigenvalue weighted by atomic mass is 35.5. The predicted octanol–water partition coefficient (Wildman–Crippen LogP) is 5.02. The van der Waals surface area contributed by atoms with E-state index >= 15 is 0 Å². The van der Waals surface area contributed by atoms with Crippen LogP contribution < -0.4 is 0 Å². The van der Waals surface area contributed by atoms with E-state index in [0.29, 0.717) is 29.2 Å². The molecule has 0 aromatic carbocycles. The third kappa shape index (κ3) is 2.44. The number of allylic oxidation sites excluding steroid dienone is 1. The summed E-state index contributed by atoms with van der Waals surface area (Å²) in [4.78, 5) is 23.6. The first-order valence-electron chi connectivity index (χ1n) is 9.87. The van der Waals surface area contributed by atoms with Gasteiger partial charge in [-0.05, 0) is 73.7 Å². The fourth-order valence-corrected chi connectivity index (χ4v) is 7.40. The SMILES string of the molecule is CC(=O)O[C@@H]1CC[C@@H]2[C@H]3CCC4=C(Cl)C(=O)CC[C@]4(C)[C@H]3CC[C@@]21C. The molecule has 138 valence electrons. The van der Waals surface area contributed by atoms with Gasteiger partial charge in [-0.25, -0.2) is 0 Å². The third-order valence-corrected chi connectivity index (χ3v) is 8.71. The average Bonchev–Trinajstić information content (AvgIpc) is 2.88. The van der Waals surface area contributed by atoms with Crippen LogP contribution in [0.2, 0.25) is 0 Å². The van der Waals surface area contributed by atoms with Crippen LogP contribution >= 0.6 is 11.6 Å². The lowest BCUT2D eigenvalue weighted by molar-refractivity contribution is -0.157. The Morgan fingerprint density at radius 2 is 1.84 bits per heavy atom. The number of hydrogen-bond donors (Lipinski definition) is 0. The number of halogens is 1. The molecule has 6 atom stereocenters. The quantitative estimate of drug-likeness (QED) is 0.614. The van der Waals surface area contributed by atoms with Crippen molar-refractivity contribution in [3.8, 4) is 0 Å². The molecule has 0 saturated heterocycles. The number of fused-ring (bicyclic) bond motifs is 5. The monoisotopic (exact) mass is 364 g/mol. The molecule has 4 heteroatoms. The smallest absolute Gasteiger partial charge is 0.302 e. The molecule has 0 heterocycles. The normalized spacial score (nSPS) is 46.3. The number of ketones is 1. The van der Waals surface area contributed by atoms with Gasteiger partial charge >= 0.3 is 5.97 Å². The number of carbonyl (C=O) groups excluding carboxylic acids is 2. The summed E-state index contributed by atoms with van der Waals surface area (Å²) in [6.45, 7) is 6.23. The molecule has 4 aliphatic rings. The summed E-state index contributed by atoms with van der Waals surface area (Å²) in [6, 6.07) is 0. The van der Waals surface area contributed by atoms with Gasteiger partial charge in [0.2, 0.25) is 0 Å². The molecule has 0 unspecified atom stereocenters. The Kier molecular flexibility index (Phi) is 4.10. The molecule has 0 amide bonds. The van der Waals surface area contributed by atoms with Crippen molar-refractivity contribution < 1.29 is 14.3 Å². The van der Waals surface area contributed by atoms with Gasteiger partial charge in [-0.15, -0.1) is 0 Å². The number of carbonyl (C=O) groups is 2. The Morgan fingerprint density at radius 1 is 1.08 bits per heavy atom. The van der Waals surface area contributed by atoms with Crippen LogP contribution in [-0.4, -0.2) is 17.9 Å². The molecule has 3 nitrogen and oxygen atoms in total. The third-order valence-electron chi connectivity index (χ3n) is 8.27. The molecule has 0 bridgehead atoms. The van der Waals surface area contributed by atoms with Crippen LogP contribution in [0.25, 0.3) is 0 Å². The Balaban J connectivity index is 1.65. The van der Waals surface area contributed by atoms with Gasteiger partial charge in [-0.3, -0.25) is 9.59 Å². The van der Waals surface area contributed by atoms with Crippen molar-refractivity contribution >= 4 is 23.4 Å². The van der Waals surface area contributed by atoms with E-state index in [9.17, 15) is 9.59 Å². The van der Waals surface area contributed by atoms with Crippen LogP contribution in [0.1, 0.15) is 72.1 Å². The fourth-order valence-electron chi connectivity index (χ4n) is 7.00. The lowest BCUT2D eigenvalue weighted by atomic mass is 9.47. The zero-order valence-electron chi connectivity index (χ0n) is 15.6. The molecular formula is C21H29ClO3. The largest absolute Gasteiger partial charge is 0.462 e. The molecular weight excluding hydrogens is 336 g/mol. The predicted molar refractivity (Wildman–Crippen MR) is 97.1 cm³/mol. The molecule has 0 N–H and O–H groups in total. The number of ether oxygens (including phenoxy) is 1. The summed E-state index contributed by atoms with van der Waals surface area (Å²) >= 11 is 6.45. The van der Waals surface area contributed by atoms with Crippen LogP contribution in [0.5, 0.6) is 0 Å². The van der Waals surface area contributed by atoms with E-state index in [1.807, 2.05) is 0 Å². The molecule has 0 aromatic heterocycles. The highest BCUT2D eigenvalue weighted by Crippen LogP contribution is 2.66. The van der Waals surface area contributed by atoms with E-state index in [1.165, 1.54) is 12.5 Å². The summed E-state index contributed by atoms with van der Waals surface area (Å²) in [5.41, 5.74) is 1.46. The summed E-state index contributed by atoms with van der Waals surface area (Å²) in [6.07, 6.45) is 8.17. The lowest BCUT2D eigenvalue weighted by Gasteiger charge is -2.58. The van der Waals surface area contributed by atoms with Gasteiger partial charge in [0.1, 0.15) is 6.10 Å². The Labute approximate surface area is 155 Å². The maximum atomic E-state index is 12.1. The second kappa shape index (κ2) is 5.84. The summed E-state index contributed by atoms with van der Waals surface area (Å²) < 4.78 is 5.71. The van der Waals surface area contributed by atoms with Gasteiger partial charge in [0, 0.05) is 18.8 Å².